The molecule has 19 heavy (non-hydrogen) atoms. The first kappa shape index (κ1) is 12.9. The zero-order valence-corrected chi connectivity index (χ0v) is 12.2. The summed E-state index contributed by atoms with van der Waals surface area (Å²) in [7, 11) is 2.01. The Hall–Kier alpha value is -1.09. The first-order chi connectivity index (χ1) is 9.29. The molecule has 0 aromatic carbocycles. The maximum Gasteiger partial charge on any atom is 0.0448 e. The maximum absolute atomic E-state index is 4.47. The summed E-state index contributed by atoms with van der Waals surface area (Å²) in [5, 5.41) is 3.28. The van der Waals surface area contributed by atoms with Crippen LogP contribution in [0.5, 0.6) is 0 Å². The van der Waals surface area contributed by atoms with Crippen LogP contribution in [0.2, 0.25) is 0 Å². The van der Waals surface area contributed by atoms with Gasteiger partial charge in [-0.3, -0.25) is 4.98 Å². The zero-order chi connectivity index (χ0) is 13.2. The van der Waals surface area contributed by atoms with Crippen molar-refractivity contribution in [2.24, 2.45) is 5.92 Å². The van der Waals surface area contributed by atoms with Crippen molar-refractivity contribution in [3.05, 3.63) is 23.5 Å². The van der Waals surface area contributed by atoms with Gasteiger partial charge in [0, 0.05) is 42.3 Å². The Labute approximate surface area is 116 Å². The molecule has 2 atom stereocenters. The second kappa shape index (κ2) is 5.49. The molecule has 3 heteroatoms. The molecule has 1 saturated carbocycles. The van der Waals surface area contributed by atoms with E-state index in [1.165, 1.54) is 49.9 Å². The quantitative estimate of drug-likeness (QED) is 0.904. The number of aryl methyl sites for hydroxylation is 1. The topological polar surface area (TPSA) is 28.2 Å². The lowest BCUT2D eigenvalue weighted by Gasteiger charge is -2.40. The summed E-state index contributed by atoms with van der Waals surface area (Å²) in [4.78, 5) is 7.16. The Kier molecular flexibility index (Phi) is 3.74. The minimum absolute atomic E-state index is 0.783. The SMILES string of the molecule is CNCc1cnc(C)cc1N1CCCC2CCCC21. The molecule has 1 aliphatic heterocycles. The van der Waals surface area contributed by atoms with Gasteiger partial charge < -0.3 is 10.2 Å². The molecule has 0 radical (unpaired) electrons. The first-order valence-electron chi connectivity index (χ1n) is 7.66. The van der Waals surface area contributed by atoms with Crippen molar-refractivity contribution in [3.63, 3.8) is 0 Å². The highest BCUT2D eigenvalue weighted by Gasteiger charge is 2.35. The third-order valence-electron chi connectivity index (χ3n) is 4.77. The Morgan fingerprint density at radius 1 is 1.32 bits per heavy atom. The molecule has 104 valence electrons. The molecule has 2 fully saturated rings. The van der Waals surface area contributed by atoms with E-state index in [4.69, 9.17) is 0 Å². The van der Waals surface area contributed by atoms with Gasteiger partial charge in [-0.05, 0) is 51.6 Å². The van der Waals surface area contributed by atoms with Gasteiger partial charge in [-0.15, -0.1) is 0 Å². The number of anilines is 1. The fourth-order valence-electron chi connectivity index (χ4n) is 3.92. The molecule has 1 aromatic heterocycles. The summed E-state index contributed by atoms with van der Waals surface area (Å²) < 4.78 is 0. The van der Waals surface area contributed by atoms with E-state index in [0.29, 0.717) is 0 Å². The molecule has 2 unspecified atom stereocenters. The number of piperidine rings is 1. The predicted molar refractivity (Wildman–Crippen MR) is 79.4 cm³/mol. The van der Waals surface area contributed by atoms with Crippen molar-refractivity contribution in [2.45, 2.75) is 51.6 Å². The van der Waals surface area contributed by atoms with E-state index < -0.39 is 0 Å². The summed E-state index contributed by atoms with van der Waals surface area (Å²) in [5.41, 5.74) is 3.91. The fraction of sp³-hybridized carbons (Fsp3) is 0.688. The smallest absolute Gasteiger partial charge is 0.0448 e. The molecular formula is C16H25N3. The Morgan fingerprint density at radius 3 is 3.00 bits per heavy atom. The van der Waals surface area contributed by atoms with Crippen molar-refractivity contribution < 1.29 is 0 Å². The number of nitrogens with zero attached hydrogens (tertiary/aromatic N) is 2. The highest BCUT2D eigenvalue weighted by molar-refractivity contribution is 5.55. The fourth-order valence-corrected chi connectivity index (χ4v) is 3.92. The molecule has 0 spiro atoms. The van der Waals surface area contributed by atoms with Crippen molar-refractivity contribution >= 4 is 5.69 Å². The Morgan fingerprint density at radius 2 is 2.16 bits per heavy atom. The van der Waals surface area contributed by atoms with E-state index in [9.17, 15) is 0 Å². The van der Waals surface area contributed by atoms with Gasteiger partial charge in [0.05, 0.1) is 0 Å². The second-order valence-electron chi connectivity index (χ2n) is 6.08. The maximum atomic E-state index is 4.47. The number of hydrogen-bond acceptors (Lipinski definition) is 3. The van der Waals surface area contributed by atoms with Crippen LogP contribution >= 0.6 is 0 Å². The van der Waals surface area contributed by atoms with Crippen LogP contribution in [0.15, 0.2) is 12.3 Å². The average molecular weight is 259 g/mol. The van der Waals surface area contributed by atoms with Gasteiger partial charge >= 0.3 is 0 Å². The van der Waals surface area contributed by atoms with Crippen molar-refractivity contribution in [3.8, 4) is 0 Å². The van der Waals surface area contributed by atoms with Gasteiger partial charge in [0.25, 0.3) is 0 Å². The lowest BCUT2D eigenvalue weighted by Crippen LogP contribution is -2.43. The van der Waals surface area contributed by atoms with Crippen LogP contribution in [0.4, 0.5) is 5.69 Å². The minimum Gasteiger partial charge on any atom is -0.368 e. The number of pyridine rings is 1. The molecule has 3 nitrogen and oxygen atoms in total. The van der Waals surface area contributed by atoms with Crippen LogP contribution in [-0.2, 0) is 6.54 Å². The van der Waals surface area contributed by atoms with E-state index in [2.05, 4.69) is 34.4 Å². The van der Waals surface area contributed by atoms with Gasteiger partial charge in [-0.25, -0.2) is 0 Å². The predicted octanol–water partition coefficient (Wildman–Crippen LogP) is 2.88. The van der Waals surface area contributed by atoms with Gasteiger partial charge in [-0.2, -0.15) is 0 Å². The van der Waals surface area contributed by atoms with Gasteiger partial charge in [0.1, 0.15) is 0 Å². The largest absolute Gasteiger partial charge is 0.368 e. The van der Waals surface area contributed by atoms with Crippen LogP contribution in [0.3, 0.4) is 0 Å². The average Bonchev–Trinajstić information content (AvgIpc) is 2.89. The van der Waals surface area contributed by atoms with E-state index in [-0.39, 0.29) is 0 Å². The van der Waals surface area contributed by atoms with Gasteiger partial charge in [-0.1, -0.05) is 6.42 Å². The summed E-state index contributed by atoms with van der Waals surface area (Å²) in [6, 6.07) is 3.07. The lowest BCUT2D eigenvalue weighted by atomic mass is 9.91. The molecule has 2 aliphatic rings. The summed E-state index contributed by atoms with van der Waals surface area (Å²) >= 11 is 0. The molecule has 2 heterocycles. The molecule has 1 aliphatic carbocycles. The highest BCUT2D eigenvalue weighted by Crippen LogP contribution is 2.40. The number of hydrogen-bond donors (Lipinski definition) is 1. The monoisotopic (exact) mass is 259 g/mol. The molecule has 1 aromatic rings. The minimum atomic E-state index is 0.783. The van der Waals surface area contributed by atoms with Crippen LogP contribution < -0.4 is 10.2 Å². The van der Waals surface area contributed by atoms with E-state index >= 15 is 0 Å². The van der Waals surface area contributed by atoms with Gasteiger partial charge in [0.2, 0.25) is 0 Å². The third-order valence-corrected chi connectivity index (χ3v) is 4.77. The van der Waals surface area contributed by atoms with Crippen molar-refractivity contribution in [2.75, 3.05) is 18.5 Å². The molecule has 1 saturated heterocycles. The normalized spacial score (nSPS) is 26.5. The Bertz CT molecular complexity index is 444. The molecule has 0 amide bonds. The van der Waals surface area contributed by atoms with Crippen molar-refractivity contribution in [1.82, 2.24) is 10.3 Å². The molecule has 1 N–H and O–H groups in total. The summed E-state index contributed by atoms with van der Waals surface area (Å²) in [6.07, 6.45) is 9.07. The molecule has 3 rings (SSSR count). The summed E-state index contributed by atoms with van der Waals surface area (Å²) in [5.74, 6) is 0.935. The number of aromatic nitrogens is 1. The third kappa shape index (κ3) is 2.48. The van der Waals surface area contributed by atoms with Crippen molar-refractivity contribution in [1.29, 1.82) is 0 Å². The summed E-state index contributed by atoms with van der Waals surface area (Å²) in [6.45, 7) is 4.24. The standard InChI is InChI=1S/C16H25N3/c1-12-9-16(14(10-17-2)11-18-12)19-8-4-6-13-5-3-7-15(13)19/h9,11,13,15,17H,3-8,10H2,1-2H3. The highest BCUT2D eigenvalue weighted by atomic mass is 15.2. The van der Waals surface area contributed by atoms with Crippen LogP contribution in [0.25, 0.3) is 0 Å². The van der Waals surface area contributed by atoms with Crippen LogP contribution in [-0.4, -0.2) is 24.6 Å². The number of nitrogens with one attached hydrogen (secondary N) is 1. The molecule has 0 bridgehead atoms. The van der Waals surface area contributed by atoms with Crippen LogP contribution in [0.1, 0.15) is 43.4 Å². The zero-order valence-electron chi connectivity index (χ0n) is 12.2. The van der Waals surface area contributed by atoms with Gasteiger partial charge in [0.15, 0.2) is 0 Å². The molecular weight excluding hydrogens is 234 g/mol. The van der Waals surface area contributed by atoms with Crippen LogP contribution in [0, 0.1) is 12.8 Å². The Balaban J connectivity index is 1.93. The number of rotatable bonds is 3. The second-order valence-corrected chi connectivity index (χ2v) is 6.08. The van der Waals surface area contributed by atoms with E-state index in [0.717, 1.165) is 24.2 Å². The lowest BCUT2D eigenvalue weighted by molar-refractivity contribution is 0.362. The van der Waals surface area contributed by atoms with E-state index in [1.807, 2.05) is 7.05 Å². The van der Waals surface area contributed by atoms with E-state index in [1.54, 1.807) is 0 Å². The number of fused-ring (bicyclic) bond motifs is 1. The first-order valence-corrected chi connectivity index (χ1v) is 7.66.